The summed E-state index contributed by atoms with van der Waals surface area (Å²) in [6, 6.07) is 22.7. The quantitative estimate of drug-likeness (QED) is 0.239. The summed E-state index contributed by atoms with van der Waals surface area (Å²) in [5.74, 6) is -1.47. The Morgan fingerprint density at radius 2 is 1.05 bits per heavy atom. The summed E-state index contributed by atoms with van der Waals surface area (Å²) in [4.78, 5) is 33.8. The molecular weight excluding hydrogens is 816 g/mol. The number of hydrogen-bond acceptors (Lipinski definition) is 8. The van der Waals surface area contributed by atoms with Gasteiger partial charge in [-0.2, -0.15) is 0 Å². The van der Waals surface area contributed by atoms with Crippen molar-refractivity contribution >= 4 is 68.2 Å². The third kappa shape index (κ3) is 10.2. The van der Waals surface area contributed by atoms with Gasteiger partial charge in [0.2, 0.25) is 0 Å². The number of fused-ring (bicyclic) bond motifs is 2. The molecule has 56 heavy (non-hydrogen) atoms. The molecule has 1 saturated heterocycles. The number of furan rings is 2. The van der Waals surface area contributed by atoms with Crippen molar-refractivity contribution in [2.45, 2.75) is 53.2 Å². The van der Waals surface area contributed by atoms with Crippen LogP contribution in [0.2, 0.25) is 0 Å². The first-order valence-electron chi connectivity index (χ1n) is 16.7. The van der Waals surface area contributed by atoms with Gasteiger partial charge in [-0.3, -0.25) is 9.59 Å². The van der Waals surface area contributed by atoms with E-state index in [2.05, 4.69) is 26.6 Å². The average Bonchev–Trinajstić information content (AvgIpc) is 3.76. The topological polar surface area (TPSA) is 143 Å². The first kappa shape index (κ1) is 46.7. The van der Waals surface area contributed by atoms with Crippen LogP contribution in [0.25, 0.3) is 44.6 Å². The Morgan fingerprint density at radius 3 is 1.45 bits per heavy atom. The maximum atomic E-state index is 13.3. The second-order valence-electron chi connectivity index (χ2n) is 13.3. The molecule has 0 spiro atoms. The molecule has 2 N–H and O–H groups in total. The average molecular weight is 858 g/mol. The minimum absolute atomic E-state index is 0. The maximum absolute atomic E-state index is 13.3. The largest absolute Gasteiger partial charge is 1.00 e. The fourth-order valence-electron chi connectivity index (χ4n) is 5.62. The van der Waals surface area contributed by atoms with Crippen molar-refractivity contribution in [2.24, 2.45) is 0 Å². The number of amides is 2. The zero-order valence-corrected chi connectivity index (χ0v) is 36.3. The van der Waals surface area contributed by atoms with Gasteiger partial charge in [-0.25, -0.2) is 8.78 Å². The maximum Gasteiger partial charge on any atom is 1.00 e. The number of nitrogens with one attached hydrogen (secondary N) is 2. The van der Waals surface area contributed by atoms with E-state index in [1.165, 1.54) is 24.3 Å². The van der Waals surface area contributed by atoms with Crippen molar-refractivity contribution in [1.29, 1.82) is 0 Å². The normalized spacial score (nSPS) is 13.6. The van der Waals surface area contributed by atoms with E-state index in [0.29, 0.717) is 55.7 Å². The summed E-state index contributed by atoms with van der Waals surface area (Å²) in [5, 5.41) is 15.5. The van der Waals surface area contributed by atoms with Crippen LogP contribution in [0.4, 0.5) is 8.78 Å². The zero-order chi connectivity index (χ0) is 39.5. The molecule has 288 valence electrons. The summed E-state index contributed by atoms with van der Waals surface area (Å²) in [7, 11) is 2.58. The second-order valence-corrected chi connectivity index (χ2v) is 14.2. The van der Waals surface area contributed by atoms with E-state index in [0.717, 1.165) is 16.9 Å². The van der Waals surface area contributed by atoms with E-state index in [9.17, 15) is 18.4 Å². The first-order valence-corrected chi connectivity index (χ1v) is 17.5. The summed E-state index contributed by atoms with van der Waals surface area (Å²) in [6.07, 6.45) is 0. The summed E-state index contributed by atoms with van der Waals surface area (Å²) >= 11 is 3.39. The number of carboxylic acids is 1. The molecule has 1 aliphatic heterocycles. The van der Waals surface area contributed by atoms with Crippen molar-refractivity contribution in [3.63, 3.8) is 0 Å². The number of halogens is 3. The predicted octanol–water partition coefficient (Wildman–Crippen LogP) is 4.66. The molecule has 4 aromatic carbocycles. The van der Waals surface area contributed by atoms with Crippen LogP contribution in [-0.2, 0) is 14.1 Å². The van der Waals surface area contributed by atoms with Crippen molar-refractivity contribution < 1.29 is 97.8 Å². The van der Waals surface area contributed by atoms with Crippen LogP contribution in [0, 0.1) is 11.6 Å². The van der Waals surface area contributed by atoms with Gasteiger partial charge < -0.3 is 38.7 Å². The van der Waals surface area contributed by atoms with Gasteiger partial charge in [0.25, 0.3) is 11.8 Å². The number of aliphatic carboxylic acids is 1. The van der Waals surface area contributed by atoms with Crippen molar-refractivity contribution in [2.75, 3.05) is 14.1 Å². The number of carboxylic acid groups (broad SMARTS) is 1. The SMILES string of the molecule is C.CC(=O)[O-].CNC(=O)c1c(-c2ccc(F)cc2)oc2ccc(B3OC(C)(C)C(C)(C)O3)cc12.CNC(=O)c1c(-c2ccc(F)cc2)oc2ccc(Br)cc12.[K+]. The van der Waals surface area contributed by atoms with E-state index >= 15 is 0 Å². The zero-order valence-electron chi connectivity index (χ0n) is 31.6. The molecule has 0 radical (unpaired) electrons. The van der Waals surface area contributed by atoms with Crippen LogP contribution in [0.15, 0.2) is 98.2 Å². The molecule has 6 aromatic rings. The van der Waals surface area contributed by atoms with Crippen LogP contribution < -0.4 is 72.6 Å². The molecular formula is C41H41BBrF2KN2O8. The summed E-state index contributed by atoms with van der Waals surface area (Å²) in [6.45, 7) is 8.94. The van der Waals surface area contributed by atoms with Gasteiger partial charge in [0.05, 0.1) is 22.3 Å². The molecule has 0 aliphatic carbocycles. The van der Waals surface area contributed by atoms with E-state index < -0.39 is 24.3 Å². The van der Waals surface area contributed by atoms with Crippen LogP contribution in [0.5, 0.6) is 0 Å². The third-order valence-electron chi connectivity index (χ3n) is 9.01. The van der Waals surface area contributed by atoms with Gasteiger partial charge in [0.15, 0.2) is 0 Å². The Labute approximate surface area is 375 Å². The van der Waals surface area contributed by atoms with Crippen LogP contribution in [0.1, 0.15) is 62.8 Å². The van der Waals surface area contributed by atoms with Gasteiger partial charge in [-0.15, -0.1) is 0 Å². The minimum Gasteiger partial charge on any atom is -0.550 e. The molecule has 2 aromatic heterocycles. The van der Waals surface area contributed by atoms with Gasteiger partial charge in [0.1, 0.15) is 34.3 Å². The monoisotopic (exact) mass is 856 g/mol. The van der Waals surface area contributed by atoms with Gasteiger partial charge in [-0.1, -0.05) is 35.5 Å². The molecule has 0 atom stereocenters. The molecule has 15 heteroatoms. The number of carbonyl (C=O) groups is 3. The standard InChI is InChI=1S/C22H23BFNO4.C16H11BrFNO2.C2H4O2.CH4.K/c1-21(2)22(3,4)29-23(28-21)14-8-11-17-16(12-14)18(20(26)25-5)19(27-17)13-6-9-15(24)10-7-13;1-19-16(20)14-12-8-10(17)4-7-13(12)21-15(14)9-2-5-11(18)6-3-9;1-2(3)4;;/h6-12H,1-5H3,(H,25,26);2-8H,1H3,(H,19,20);1H3,(H,3,4);1H4;/q;;;;+1/p-1. The van der Waals surface area contributed by atoms with Crippen molar-refractivity contribution in [3.05, 3.63) is 112 Å². The fourth-order valence-corrected chi connectivity index (χ4v) is 5.98. The molecule has 7 rings (SSSR count). The Bertz CT molecular complexity index is 2320. The van der Waals surface area contributed by atoms with E-state index in [-0.39, 0.29) is 82.3 Å². The van der Waals surface area contributed by atoms with Gasteiger partial charge in [0, 0.05) is 46.4 Å². The van der Waals surface area contributed by atoms with Crippen LogP contribution in [0.3, 0.4) is 0 Å². The molecule has 2 amide bonds. The molecule has 0 unspecified atom stereocenters. The van der Waals surface area contributed by atoms with E-state index in [1.807, 2.05) is 52.0 Å². The fraction of sp³-hybridized carbons (Fsp3) is 0.244. The third-order valence-corrected chi connectivity index (χ3v) is 9.50. The van der Waals surface area contributed by atoms with Gasteiger partial charge in [-0.05, 0) is 113 Å². The first-order chi connectivity index (χ1) is 25.5. The predicted molar refractivity (Wildman–Crippen MR) is 211 cm³/mol. The number of rotatable bonds is 5. The summed E-state index contributed by atoms with van der Waals surface area (Å²) < 4.78 is 51.3. The molecule has 1 fully saturated rings. The van der Waals surface area contributed by atoms with Crippen molar-refractivity contribution in [3.8, 4) is 22.6 Å². The molecule has 0 bridgehead atoms. The van der Waals surface area contributed by atoms with Gasteiger partial charge >= 0.3 is 58.5 Å². The smallest absolute Gasteiger partial charge is 0.550 e. The molecule has 3 heterocycles. The van der Waals surface area contributed by atoms with Crippen LogP contribution in [-0.4, -0.2) is 50.2 Å². The Balaban J connectivity index is 0.000000276. The van der Waals surface area contributed by atoms with E-state index in [1.54, 1.807) is 50.5 Å². The summed E-state index contributed by atoms with van der Waals surface area (Å²) in [5.41, 5.74) is 3.15. The molecule has 10 nitrogen and oxygen atoms in total. The number of hydrogen-bond donors (Lipinski definition) is 2. The molecule has 0 saturated carbocycles. The minimum atomic E-state index is -1.08. The van der Waals surface area contributed by atoms with E-state index in [4.69, 9.17) is 28.0 Å². The Hall–Kier alpha value is -3.67. The number of benzene rings is 4. The number of carbonyl (C=O) groups excluding carboxylic acids is 3. The van der Waals surface area contributed by atoms with Crippen LogP contribution >= 0.6 is 15.9 Å². The van der Waals surface area contributed by atoms with Crippen molar-refractivity contribution in [1.82, 2.24) is 10.6 Å². The molecule has 1 aliphatic rings. The second kappa shape index (κ2) is 19.2. The Kier molecular flexibility index (Phi) is 16.0. The Morgan fingerprint density at radius 1 is 0.679 bits per heavy atom.